The summed E-state index contributed by atoms with van der Waals surface area (Å²) in [7, 11) is 0. The highest BCUT2D eigenvalue weighted by Crippen LogP contribution is 2.22. The number of benzene rings is 1. The van der Waals surface area contributed by atoms with Crippen LogP contribution < -0.4 is 9.47 Å². The smallest absolute Gasteiger partial charge is 0.345 e. The van der Waals surface area contributed by atoms with Crippen molar-refractivity contribution >= 4 is 17.3 Å². The van der Waals surface area contributed by atoms with Gasteiger partial charge in [-0.3, -0.25) is 0 Å². The number of carbonyl (C=O) groups is 1. The standard InChI is InChI=1S/C14H14O4S/c1-2-17-10-4-3-5-11(8-10)18-9-12-6-7-13(19-12)14(15)16/h3-8H,2,9H2,1H3,(H,15,16). The van der Waals surface area contributed by atoms with E-state index in [2.05, 4.69) is 0 Å². The SMILES string of the molecule is CCOc1cccc(OCc2ccc(C(=O)O)s2)c1. The van der Waals surface area contributed by atoms with Crippen LogP contribution in [0, 0.1) is 0 Å². The summed E-state index contributed by atoms with van der Waals surface area (Å²) in [5.74, 6) is 0.559. The zero-order valence-electron chi connectivity index (χ0n) is 10.5. The fraction of sp³-hybridized carbons (Fsp3) is 0.214. The molecule has 0 fully saturated rings. The molecule has 1 aromatic carbocycles. The van der Waals surface area contributed by atoms with Crippen LogP contribution in [0.3, 0.4) is 0 Å². The molecular formula is C14H14O4S. The van der Waals surface area contributed by atoms with Gasteiger partial charge in [0.1, 0.15) is 23.0 Å². The minimum absolute atomic E-state index is 0.321. The van der Waals surface area contributed by atoms with E-state index in [4.69, 9.17) is 14.6 Å². The van der Waals surface area contributed by atoms with Crippen LogP contribution in [-0.4, -0.2) is 17.7 Å². The molecule has 1 heterocycles. The van der Waals surface area contributed by atoms with Crippen LogP contribution in [0.5, 0.6) is 11.5 Å². The van der Waals surface area contributed by atoms with E-state index in [1.54, 1.807) is 12.1 Å². The molecule has 0 saturated heterocycles. The molecule has 2 aromatic rings. The predicted molar refractivity (Wildman–Crippen MR) is 73.2 cm³/mol. The second-order valence-electron chi connectivity index (χ2n) is 3.77. The van der Waals surface area contributed by atoms with E-state index in [1.807, 2.05) is 31.2 Å². The topological polar surface area (TPSA) is 55.8 Å². The number of thiophene rings is 1. The zero-order chi connectivity index (χ0) is 13.7. The molecule has 0 unspecified atom stereocenters. The summed E-state index contributed by atoms with van der Waals surface area (Å²) >= 11 is 1.22. The molecule has 0 aliphatic carbocycles. The summed E-state index contributed by atoms with van der Waals surface area (Å²) in [6, 6.07) is 10.7. The monoisotopic (exact) mass is 278 g/mol. The largest absolute Gasteiger partial charge is 0.494 e. The van der Waals surface area contributed by atoms with Crippen molar-refractivity contribution in [3.8, 4) is 11.5 Å². The third-order valence-corrected chi connectivity index (χ3v) is 3.42. The van der Waals surface area contributed by atoms with Gasteiger partial charge in [-0.1, -0.05) is 6.07 Å². The summed E-state index contributed by atoms with van der Waals surface area (Å²) in [4.78, 5) is 12.0. The molecule has 4 nitrogen and oxygen atoms in total. The van der Waals surface area contributed by atoms with Gasteiger partial charge in [-0.2, -0.15) is 0 Å². The van der Waals surface area contributed by atoms with E-state index in [1.165, 1.54) is 11.3 Å². The first kappa shape index (κ1) is 13.4. The summed E-state index contributed by atoms with van der Waals surface area (Å²) in [6.45, 7) is 2.89. The molecule has 0 bridgehead atoms. The maximum Gasteiger partial charge on any atom is 0.345 e. The van der Waals surface area contributed by atoms with Crippen molar-refractivity contribution in [1.29, 1.82) is 0 Å². The molecule has 2 rings (SSSR count). The lowest BCUT2D eigenvalue weighted by Crippen LogP contribution is -1.95. The average molecular weight is 278 g/mol. The van der Waals surface area contributed by atoms with Crippen LogP contribution in [0.15, 0.2) is 36.4 Å². The lowest BCUT2D eigenvalue weighted by atomic mass is 10.3. The number of aromatic carboxylic acids is 1. The van der Waals surface area contributed by atoms with E-state index < -0.39 is 5.97 Å². The first-order valence-corrected chi connectivity index (χ1v) is 6.68. The van der Waals surface area contributed by atoms with Crippen molar-refractivity contribution in [2.24, 2.45) is 0 Å². The number of carboxylic acids is 1. The first-order chi connectivity index (χ1) is 9.19. The maximum absolute atomic E-state index is 10.8. The Hall–Kier alpha value is -2.01. The van der Waals surface area contributed by atoms with E-state index in [0.717, 1.165) is 10.6 Å². The molecule has 1 aromatic heterocycles. The van der Waals surface area contributed by atoms with E-state index >= 15 is 0 Å². The second-order valence-corrected chi connectivity index (χ2v) is 4.94. The van der Waals surface area contributed by atoms with Crippen LogP contribution in [0.4, 0.5) is 0 Å². The van der Waals surface area contributed by atoms with Crippen molar-refractivity contribution in [2.45, 2.75) is 13.5 Å². The number of hydrogen-bond donors (Lipinski definition) is 1. The molecule has 0 aliphatic rings. The van der Waals surface area contributed by atoms with Gasteiger partial charge in [0.2, 0.25) is 0 Å². The molecule has 5 heteroatoms. The average Bonchev–Trinajstić information content (AvgIpc) is 2.86. The van der Waals surface area contributed by atoms with Gasteiger partial charge in [-0.15, -0.1) is 11.3 Å². The number of rotatable bonds is 6. The van der Waals surface area contributed by atoms with Gasteiger partial charge in [0, 0.05) is 10.9 Å². The molecule has 0 aliphatic heterocycles. The Kier molecular flexibility index (Phi) is 4.41. The number of carboxylic acid groups (broad SMARTS) is 1. The van der Waals surface area contributed by atoms with Gasteiger partial charge in [-0.25, -0.2) is 4.79 Å². The third-order valence-electron chi connectivity index (χ3n) is 2.37. The van der Waals surface area contributed by atoms with Crippen LogP contribution >= 0.6 is 11.3 Å². The van der Waals surface area contributed by atoms with Gasteiger partial charge >= 0.3 is 5.97 Å². The van der Waals surface area contributed by atoms with Crippen molar-refractivity contribution < 1.29 is 19.4 Å². The molecule has 1 N–H and O–H groups in total. The molecule has 0 amide bonds. The van der Waals surface area contributed by atoms with Gasteiger partial charge in [0.05, 0.1) is 6.61 Å². The maximum atomic E-state index is 10.8. The lowest BCUT2D eigenvalue weighted by molar-refractivity contribution is 0.0702. The van der Waals surface area contributed by atoms with Gasteiger partial charge in [0.15, 0.2) is 0 Å². The quantitative estimate of drug-likeness (QED) is 0.879. The third kappa shape index (κ3) is 3.72. The minimum atomic E-state index is -0.908. The van der Waals surface area contributed by atoms with Gasteiger partial charge in [0.25, 0.3) is 0 Å². The Bertz CT molecular complexity index is 562. The van der Waals surface area contributed by atoms with Crippen LogP contribution in [0.2, 0.25) is 0 Å². The normalized spacial score (nSPS) is 10.2. The van der Waals surface area contributed by atoms with Crippen molar-refractivity contribution in [1.82, 2.24) is 0 Å². The van der Waals surface area contributed by atoms with Crippen LogP contribution in [0.25, 0.3) is 0 Å². The highest BCUT2D eigenvalue weighted by atomic mass is 32.1. The Morgan fingerprint density at radius 3 is 2.58 bits per heavy atom. The highest BCUT2D eigenvalue weighted by Gasteiger charge is 2.07. The molecule has 100 valence electrons. The van der Waals surface area contributed by atoms with E-state index in [-0.39, 0.29) is 0 Å². The van der Waals surface area contributed by atoms with Crippen LogP contribution in [-0.2, 0) is 6.61 Å². The molecule has 0 spiro atoms. The zero-order valence-corrected chi connectivity index (χ0v) is 11.3. The van der Waals surface area contributed by atoms with E-state index in [9.17, 15) is 4.79 Å². The molecular weight excluding hydrogens is 264 g/mol. The Labute approximate surface area is 115 Å². The fourth-order valence-corrected chi connectivity index (χ4v) is 2.31. The molecule has 19 heavy (non-hydrogen) atoms. The fourth-order valence-electron chi connectivity index (χ4n) is 1.55. The summed E-state index contributed by atoms with van der Waals surface area (Å²) in [5.41, 5.74) is 0. The first-order valence-electron chi connectivity index (χ1n) is 5.86. The minimum Gasteiger partial charge on any atom is -0.494 e. The van der Waals surface area contributed by atoms with Gasteiger partial charge in [-0.05, 0) is 31.2 Å². The van der Waals surface area contributed by atoms with Crippen molar-refractivity contribution in [3.05, 3.63) is 46.2 Å². The number of hydrogen-bond acceptors (Lipinski definition) is 4. The Balaban J connectivity index is 1.97. The summed E-state index contributed by atoms with van der Waals surface area (Å²) in [6.07, 6.45) is 0. The highest BCUT2D eigenvalue weighted by molar-refractivity contribution is 7.13. The predicted octanol–water partition coefficient (Wildman–Crippen LogP) is 3.42. The Morgan fingerprint density at radius 1 is 1.21 bits per heavy atom. The molecule has 0 saturated carbocycles. The Morgan fingerprint density at radius 2 is 1.95 bits per heavy atom. The van der Waals surface area contributed by atoms with Crippen molar-refractivity contribution in [3.63, 3.8) is 0 Å². The summed E-state index contributed by atoms with van der Waals surface area (Å²) in [5, 5.41) is 8.83. The molecule has 0 atom stereocenters. The van der Waals surface area contributed by atoms with E-state index in [0.29, 0.717) is 23.8 Å². The van der Waals surface area contributed by atoms with Crippen molar-refractivity contribution in [2.75, 3.05) is 6.61 Å². The van der Waals surface area contributed by atoms with Gasteiger partial charge < -0.3 is 14.6 Å². The second kappa shape index (κ2) is 6.24. The number of ether oxygens (including phenoxy) is 2. The molecule has 0 radical (unpaired) electrons. The summed E-state index contributed by atoms with van der Waals surface area (Å²) < 4.78 is 11.0. The lowest BCUT2D eigenvalue weighted by Gasteiger charge is -2.07. The van der Waals surface area contributed by atoms with Crippen LogP contribution in [0.1, 0.15) is 21.5 Å².